The summed E-state index contributed by atoms with van der Waals surface area (Å²) >= 11 is 6.30. The van der Waals surface area contributed by atoms with Gasteiger partial charge >= 0.3 is 5.97 Å². The van der Waals surface area contributed by atoms with E-state index >= 15 is 0 Å². The van der Waals surface area contributed by atoms with E-state index in [4.69, 9.17) is 34.0 Å². The number of carboxylic acids is 1. The zero-order valence-corrected chi connectivity index (χ0v) is 24.8. The third-order valence-corrected chi connectivity index (χ3v) is 5.21. The summed E-state index contributed by atoms with van der Waals surface area (Å²) in [6, 6.07) is 16.2. The van der Waals surface area contributed by atoms with Crippen LogP contribution < -0.4 is 10.1 Å². The van der Waals surface area contributed by atoms with Gasteiger partial charge in [0.15, 0.2) is 0 Å². The highest BCUT2D eigenvalue weighted by molar-refractivity contribution is 6.31. The van der Waals surface area contributed by atoms with Gasteiger partial charge < -0.3 is 24.5 Å². The second kappa shape index (κ2) is 20.2. The summed E-state index contributed by atoms with van der Waals surface area (Å²) in [5.74, 6) is 1.11. The van der Waals surface area contributed by atoms with E-state index < -0.39 is 11.8 Å². The zero-order chi connectivity index (χ0) is 31.4. The van der Waals surface area contributed by atoms with Crippen molar-refractivity contribution in [3.05, 3.63) is 88.9 Å². The zero-order valence-electron chi connectivity index (χ0n) is 24.0. The molecule has 2 aromatic carbocycles. The number of rotatable bonds is 9. The molecule has 3 aromatic rings. The van der Waals surface area contributed by atoms with Gasteiger partial charge in [0, 0.05) is 39.8 Å². The number of halogens is 2. The average molecular weight is 579 g/mol. The van der Waals surface area contributed by atoms with Crippen LogP contribution in [0.2, 0.25) is 5.02 Å². The van der Waals surface area contributed by atoms with Crippen LogP contribution in [0.5, 0.6) is 5.75 Å². The molecule has 3 rings (SSSR count). The predicted octanol–water partition coefficient (Wildman–Crippen LogP) is 8.49. The van der Waals surface area contributed by atoms with Crippen molar-refractivity contribution in [3.63, 3.8) is 0 Å². The van der Waals surface area contributed by atoms with Crippen molar-refractivity contribution >= 4 is 30.0 Å². The maximum absolute atomic E-state index is 13.4. The number of carbonyl (C=O) groups excluding carboxylic acids is 1. The highest BCUT2D eigenvalue weighted by atomic mass is 35.5. The van der Waals surface area contributed by atoms with Gasteiger partial charge in [0.05, 0.1) is 17.9 Å². The van der Waals surface area contributed by atoms with Crippen molar-refractivity contribution in [3.8, 4) is 47.5 Å². The Kier molecular flexibility index (Phi) is 17.9. The molecular weight excluding hydrogens is 543 g/mol. The summed E-state index contributed by atoms with van der Waals surface area (Å²) in [4.78, 5) is 19.7. The first kappa shape index (κ1) is 36.3. The quantitative estimate of drug-likeness (QED) is 0.115. The molecule has 0 atom stereocenters. The first-order valence-electron chi connectivity index (χ1n) is 12.8. The molecule has 0 bridgehead atoms. The number of carboxylic acid groups (broad SMARTS) is 1. The molecule has 0 amide bonds. The summed E-state index contributed by atoms with van der Waals surface area (Å²) in [6.07, 6.45) is 14.8. The van der Waals surface area contributed by atoms with Crippen molar-refractivity contribution in [1.29, 1.82) is 0 Å². The van der Waals surface area contributed by atoms with E-state index in [0.717, 1.165) is 17.5 Å². The van der Waals surface area contributed by atoms with Gasteiger partial charge in [-0.3, -0.25) is 0 Å². The molecule has 8 heteroatoms. The SMILES string of the molecule is C#C/C=C(F)\C=C/CCOc1ccc(Cl)cc1-c1ccc(C)n1-c1cc(NC#C)cc(C(=O)O)c1.C=O.CC.CC. The number of aromatic carboxylic acids is 1. The Bertz CT molecular complexity index is 1410. The second-order valence-electron chi connectivity index (χ2n) is 7.41. The number of terminal acetylenes is 2. The minimum Gasteiger partial charge on any atom is -0.493 e. The number of aromatic nitrogens is 1. The molecule has 1 aromatic heterocycles. The first-order valence-corrected chi connectivity index (χ1v) is 13.2. The Morgan fingerprint density at radius 3 is 2.41 bits per heavy atom. The van der Waals surface area contributed by atoms with Crippen molar-refractivity contribution < 1.29 is 23.8 Å². The molecule has 216 valence electrons. The van der Waals surface area contributed by atoms with Gasteiger partial charge in [-0.15, -0.1) is 6.42 Å². The lowest BCUT2D eigenvalue weighted by molar-refractivity contribution is -0.0980. The fraction of sp³-hybridized carbons (Fsp3) is 0.212. The van der Waals surface area contributed by atoms with E-state index in [-0.39, 0.29) is 5.56 Å². The highest BCUT2D eigenvalue weighted by Crippen LogP contribution is 2.36. The maximum atomic E-state index is 13.4. The van der Waals surface area contributed by atoms with Crippen molar-refractivity contribution in [1.82, 2.24) is 4.57 Å². The topological polar surface area (TPSA) is 80.6 Å². The van der Waals surface area contributed by atoms with Crippen LogP contribution in [0.1, 0.15) is 50.2 Å². The van der Waals surface area contributed by atoms with E-state index in [1.807, 2.05) is 58.1 Å². The van der Waals surface area contributed by atoms with Gasteiger partial charge in [-0.25, -0.2) is 9.18 Å². The molecule has 6 nitrogen and oxygen atoms in total. The Morgan fingerprint density at radius 1 is 1.12 bits per heavy atom. The monoisotopic (exact) mass is 578 g/mol. The first-order chi connectivity index (χ1) is 19.8. The normalized spacial score (nSPS) is 9.93. The summed E-state index contributed by atoms with van der Waals surface area (Å²) in [5, 5.41) is 12.8. The molecule has 0 radical (unpaired) electrons. The average Bonchev–Trinajstić information content (AvgIpc) is 3.38. The van der Waals surface area contributed by atoms with Gasteiger partial charge in [0.2, 0.25) is 0 Å². The van der Waals surface area contributed by atoms with Crippen LogP contribution in [-0.2, 0) is 4.79 Å². The Hall–Kier alpha value is -4.72. The minimum absolute atomic E-state index is 0.0831. The molecule has 0 saturated heterocycles. The van der Waals surface area contributed by atoms with E-state index in [9.17, 15) is 14.3 Å². The van der Waals surface area contributed by atoms with Crippen molar-refractivity contribution in [2.45, 2.75) is 41.0 Å². The lowest BCUT2D eigenvalue weighted by Gasteiger charge is -2.17. The summed E-state index contributed by atoms with van der Waals surface area (Å²) in [6.45, 7) is 12.2. The third kappa shape index (κ3) is 11.1. The number of hydrogen-bond donors (Lipinski definition) is 2. The van der Waals surface area contributed by atoms with E-state index in [0.29, 0.717) is 40.7 Å². The van der Waals surface area contributed by atoms with Gasteiger partial charge in [-0.2, -0.15) is 0 Å². The minimum atomic E-state index is -1.08. The standard InChI is InChI=1S/C28H22ClFN2O3.2C2H6.CH2O/c1-4-8-22(30)9-6-7-14-35-27-13-11-21(29)17-25(27)26-12-10-19(3)32(26)24-16-20(28(33)34)15-23(18-24)31-5-2;3*1-2/h1-2,6,8-13,15-18,31H,7,14H2,3H3,(H,33,34);2*1-2H3;1H2/b9-6-,22-8+;;;. The molecule has 41 heavy (non-hydrogen) atoms. The highest BCUT2D eigenvalue weighted by Gasteiger charge is 2.17. The van der Waals surface area contributed by atoms with Crippen LogP contribution in [0.25, 0.3) is 16.9 Å². The van der Waals surface area contributed by atoms with Gasteiger partial charge in [-0.05, 0) is 68.0 Å². The number of nitrogens with one attached hydrogen (secondary N) is 1. The molecule has 2 N–H and O–H groups in total. The van der Waals surface area contributed by atoms with Crippen LogP contribution in [0.3, 0.4) is 0 Å². The number of nitrogens with zero attached hydrogens (tertiary/aromatic N) is 1. The summed E-state index contributed by atoms with van der Waals surface area (Å²) in [5.41, 5.74) is 3.47. The van der Waals surface area contributed by atoms with Gasteiger partial charge in [0.1, 0.15) is 18.4 Å². The lowest BCUT2D eigenvalue weighted by atomic mass is 10.1. The van der Waals surface area contributed by atoms with Gasteiger partial charge in [0.25, 0.3) is 0 Å². The van der Waals surface area contributed by atoms with Crippen molar-refractivity contribution in [2.24, 2.45) is 0 Å². The molecule has 0 aliphatic carbocycles. The number of aryl methyl sites for hydroxylation is 1. The van der Waals surface area contributed by atoms with Crippen molar-refractivity contribution in [2.75, 3.05) is 11.9 Å². The molecule has 0 saturated carbocycles. The predicted molar refractivity (Wildman–Crippen MR) is 167 cm³/mol. The summed E-state index contributed by atoms with van der Waals surface area (Å²) in [7, 11) is 0. The third-order valence-electron chi connectivity index (χ3n) is 4.97. The molecular formula is C33H36ClFN2O4. The molecule has 0 fully saturated rings. The Labute approximate surface area is 247 Å². The second-order valence-corrected chi connectivity index (χ2v) is 7.85. The lowest BCUT2D eigenvalue weighted by Crippen LogP contribution is -2.05. The smallest absolute Gasteiger partial charge is 0.335 e. The van der Waals surface area contributed by atoms with Gasteiger partial charge in [-0.1, -0.05) is 57.7 Å². The summed E-state index contributed by atoms with van der Waals surface area (Å²) < 4.78 is 21.2. The number of carbonyl (C=O) groups is 2. The Morgan fingerprint density at radius 2 is 1.80 bits per heavy atom. The van der Waals surface area contributed by atoms with Crippen LogP contribution in [-0.4, -0.2) is 29.0 Å². The number of anilines is 1. The van der Waals surface area contributed by atoms with E-state index in [1.165, 1.54) is 12.1 Å². The molecule has 0 unspecified atom stereocenters. The molecule has 0 aliphatic rings. The number of hydrogen-bond acceptors (Lipinski definition) is 4. The fourth-order valence-electron chi connectivity index (χ4n) is 3.50. The van der Waals surface area contributed by atoms with Crippen LogP contribution in [0, 0.1) is 31.7 Å². The maximum Gasteiger partial charge on any atom is 0.335 e. The fourth-order valence-corrected chi connectivity index (χ4v) is 3.67. The number of allylic oxidation sites excluding steroid dienone is 3. The molecule has 0 aliphatic heterocycles. The molecule has 0 spiro atoms. The van der Waals surface area contributed by atoms with Crippen LogP contribution >= 0.6 is 11.6 Å². The van der Waals surface area contributed by atoms with E-state index in [2.05, 4.69) is 17.3 Å². The largest absolute Gasteiger partial charge is 0.493 e. The number of benzene rings is 2. The van der Waals surface area contributed by atoms with Crippen LogP contribution in [0.15, 0.2) is 72.6 Å². The molecule has 1 heterocycles. The van der Waals surface area contributed by atoms with E-state index in [1.54, 1.807) is 36.4 Å². The van der Waals surface area contributed by atoms with Crippen LogP contribution in [0.4, 0.5) is 10.1 Å². The Balaban J connectivity index is 0.00000250. The number of ether oxygens (including phenoxy) is 1.